The van der Waals surface area contributed by atoms with E-state index in [1.807, 2.05) is 6.07 Å². The minimum atomic E-state index is 0.335. The standard InChI is InChI=1S/C14H20N2O/c1-9-10(2)13(17-4)6-5-12(9)11(3)14-15-7-8-16-14/h5-6,11H,7-8H2,1-4H3,(H,15,16). The summed E-state index contributed by atoms with van der Waals surface area (Å²) in [6.45, 7) is 8.32. The number of hydrogen-bond acceptors (Lipinski definition) is 3. The third kappa shape index (κ3) is 2.14. The Balaban J connectivity index is 2.36. The maximum atomic E-state index is 5.34. The Labute approximate surface area is 103 Å². The fourth-order valence-electron chi connectivity index (χ4n) is 2.36. The van der Waals surface area contributed by atoms with Crippen LogP contribution < -0.4 is 10.1 Å². The molecular formula is C14H20N2O. The molecule has 0 saturated carbocycles. The number of methoxy groups -OCH3 is 1. The second-order valence-electron chi connectivity index (χ2n) is 4.52. The van der Waals surface area contributed by atoms with Crippen molar-refractivity contribution >= 4 is 5.84 Å². The summed E-state index contributed by atoms with van der Waals surface area (Å²) in [6, 6.07) is 4.19. The van der Waals surface area contributed by atoms with E-state index in [1.165, 1.54) is 16.7 Å². The summed E-state index contributed by atoms with van der Waals surface area (Å²) < 4.78 is 5.34. The van der Waals surface area contributed by atoms with E-state index in [0.29, 0.717) is 5.92 Å². The molecule has 0 bridgehead atoms. The Morgan fingerprint density at radius 1 is 1.29 bits per heavy atom. The largest absolute Gasteiger partial charge is 0.496 e. The van der Waals surface area contributed by atoms with Gasteiger partial charge in [-0.25, -0.2) is 0 Å². The zero-order valence-corrected chi connectivity index (χ0v) is 11.0. The molecule has 1 atom stereocenters. The van der Waals surface area contributed by atoms with Crippen molar-refractivity contribution < 1.29 is 4.74 Å². The highest BCUT2D eigenvalue weighted by atomic mass is 16.5. The Kier molecular flexibility index (Phi) is 3.36. The molecule has 1 aliphatic rings. The number of nitrogens with zero attached hydrogens (tertiary/aromatic N) is 1. The van der Waals surface area contributed by atoms with E-state index < -0.39 is 0 Å². The molecule has 3 nitrogen and oxygen atoms in total. The number of ether oxygens (including phenoxy) is 1. The van der Waals surface area contributed by atoms with E-state index >= 15 is 0 Å². The first-order chi connectivity index (χ1) is 8.15. The predicted molar refractivity (Wildman–Crippen MR) is 71.2 cm³/mol. The van der Waals surface area contributed by atoms with Gasteiger partial charge in [-0.15, -0.1) is 0 Å². The molecule has 17 heavy (non-hydrogen) atoms. The van der Waals surface area contributed by atoms with Crippen LogP contribution in [0.3, 0.4) is 0 Å². The van der Waals surface area contributed by atoms with Crippen LogP contribution in [0.25, 0.3) is 0 Å². The summed E-state index contributed by atoms with van der Waals surface area (Å²) in [7, 11) is 1.72. The fourth-order valence-corrected chi connectivity index (χ4v) is 2.36. The molecule has 0 saturated heterocycles. The predicted octanol–water partition coefficient (Wildman–Crippen LogP) is 2.42. The van der Waals surface area contributed by atoms with E-state index in [4.69, 9.17) is 4.74 Å². The molecule has 0 aromatic heterocycles. The number of rotatable bonds is 3. The molecule has 0 radical (unpaired) electrons. The van der Waals surface area contributed by atoms with E-state index in [0.717, 1.165) is 24.7 Å². The minimum Gasteiger partial charge on any atom is -0.496 e. The van der Waals surface area contributed by atoms with E-state index in [9.17, 15) is 0 Å². The molecule has 2 rings (SSSR count). The van der Waals surface area contributed by atoms with Gasteiger partial charge in [0.2, 0.25) is 0 Å². The molecule has 1 aromatic carbocycles. The van der Waals surface area contributed by atoms with Crippen LogP contribution in [-0.2, 0) is 0 Å². The quantitative estimate of drug-likeness (QED) is 0.868. The van der Waals surface area contributed by atoms with Gasteiger partial charge in [0.05, 0.1) is 13.7 Å². The molecule has 1 heterocycles. The molecule has 0 spiro atoms. The van der Waals surface area contributed by atoms with E-state index in [1.54, 1.807) is 7.11 Å². The lowest BCUT2D eigenvalue weighted by Crippen LogP contribution is -2.24. The van der Waals surface area contributed by atoms with Gasteiger partial charge in [-0.05, 0) is 36.6 Å². The second kappa shape index (κ2) is 4.78. The number of aliphatic imine (C=N–C) groups is 1. The van der Waals surface area contributed by atoms with Gasteiger partial charge in [0.1, 0.15) is 11.6 Å². The number of nitrogens with one attached hydrogen (secondary N) is 1. The molecule has 3 heteroatoms. The summed E-state index contributed by atoms with van der Waals surface area (Å²) in [5.41, 5.74) is 3.85. The minimum absolute atomic E-state index is 0.335. The topological polar surface area (TPSA) is 33.6 Å². The molecule has 1 aromatic rings. The van der Waals surface area contributed by atoms with Crippen LogP contribution in [0.1, 0.15) is 29.5 Å². The normalized spacial score (nSPS) is 16.4. The van der Waals surface area contributed by atoms with Gasteiger partial charge in [-0.1, -0.05) is 13.0 Å². The number of benzene rings is 1. The molecule has 92 valence electrons. The second-order valence-corrected chi connectivity index (χ2v) is 4.52. The van der Waals surface area contributed by atoms with Gasteiger partial charge in [-0.3, -0.25) is 4.99 Å². The molecule has 1 N–H and O–H groups in total. The van der Waals surface area contributed by atoms with Gasteiger partial charge in [0.15, 0.2) is 0 Å². The molecule has 0 amide bonds. The van der Waals surface area contributed by atoms with Crippen LogP contribution >= 0.6 is 0 Å². The van der Waals surface area contributed by atoms with Crippen LogP contribution in [0.2, 0.25) is 0 Å². The van der Waals surface area contributed by atoms with Crippen LogP contribution in [0.4, 0.5) is 0 Å². The van der Waals surface area contributed by atoms with Crippen molar-refractivity contribution in [1.29, 1.82) is 0 Å². The van der Waals surface area contributed by atoms with Crippen LogP contribution in [0, 0.1) is 13.8 Å². The maximum absolute atomic E-state index is 5.34. The molecular weight excluding hydrogens is 212 g/mol. The van der Waals surface area contributed by atoms with Crippen molar-refractivity contribution in [1.82, 2.24) is 5.32 Å². The highest BCUT2D eigenvalue weighted by Crippen LogP contribution is 2.29. The number of amidine groups is 1. The van der Waals surface area contributed by atoms with Crippen molar-refractivity contribution in [2.24, 2.45) is 4.99 Å². The molecule has 1 unspecified atom stereocenters. The lowest BCUT2D eigenvalue weighted by molar-refractivity contribution is 0.411. The first-order valence-corrected chi connectivity index (χ1v) is 6.07. The van der Waals surface area contributed by atoms with Crippen LogP contribution in [0.5, 0.6) is 5.75 Å². The van der Waals surface area contributed by atoms with Crippen molar-refractivity contribution in [3.05, 3.63) is 28.8 Å². The summed E-state index contributed by atoms with van der Waals surface area (Å²) in [4.78, 5) is 4.50. The smallest absolute Gasteiger partial charge is 0.122 e. The highest BCUT2D eigenvalue weighted by molar-refractivity contribution is 5.90. The number of hydrogen-bond donors (Lipinski definition) is 1. The SMILES string of the molecule is COc1ccc(C(C)C2=NCCN2)c(C)c1C. The highest BCUT2D eigenvalue weighted by Gasteiger charge is 2.19. The summed E-state index contributed by atoms with van der Waals surface area (Å²) in [5, 5.41) is 3.35. The average Bonchev–Trinajstić information content (AvgIpc) is 2.85. The first-order valence-electron chi connectivity index (χ1n) is 6.07. The Morgan fingerprint density at radius 3 is 2.65 bits per heavy atom. The first kappa shape index (κ1) is 12.0. The van der Waals surface area contributed by atoms with Crippen molar-refractivity contribution in [3.8, 4) is 5.75 Å². The lowest BCUT2D eigenvalue weighted by Gasteiger charge is -2.18. The maximum Gasteiger partial charge on any atom is 0.122 e. The Bertz CT molecular complexity index is 452. The molecule has 1 aliphatic heterocycles. The van der Waals surface area contributed by atoms with Gasteiger partial charge in [0, 0.05) is 12.5 Å². The average molecular weight is 232 g/mol. The summed E-state index contributed by atoms with van der Waals surface area (Å²) in [6.07, 6.45) is 0. The zero-order chi connectivity index (χ0) is 12.4. The lowest BCUT2D eigenvalue weighted by atomic mass is 9.92. The molecule has 0 aliphatic carbocycles. The summed E-state index contributed by atoms with van der Waals surface area (Å²) in [5.74, 6) is 2.40. The monoisotopic (exact) mass is 232 g/mol. The van der Waals surface area contributed by atoms with Gasteiger partial charge in [-0.2, -0.15) is 0 Å². The summed E-state index contributed by atoms with van der Waals surface area (Å²) >= 11 is 0. The van der Waals surface area contributed by atoms with Gasteiger partial charge >= 0.3 is 0 Å². The van der Waals surface area contributed by atoms with Crippen molar-refractivity contribution in [2.45, 2.75) is 26.7 Å². The third-order valence-electron chi connectivity index (χ3n) is 3.58. The molecule has 0 fully saturated rings. The van der Waals surface area contributed by atoms with Gasteiger partial charge in [0.25, 0.3) is 0 Å². The fraction of sp³-hybridized carbons (Fsp3) is 0.500. The van der Waals surface area contributed by atoms with E-state index in [2.05, 4.69) is 37.1 Å². The third-order valence-corrected chi connectivity index (χ3v) is 3.58. The van der Waals surface area contributed by atoms with Crippen molar-refractivity contribution in [3.63, 3.8) is 0 Å². The van der Waals surface area contributed by atoms with Crippen molar-refractivity contribution in [2.75, 3.05) is 20.2 Å². The zero-order valence-electron chi connectivity index (χ0n) is 11.0. The van der Waals surface area contributed by atoms with Crippen LogP contribution in [0.15, 0.2) is 17.1 Å². The van der Waals surface area contributed by atoms with E-state index in [-0.39, 0.29) is 0 Å². The van der Waals surface area contributed by atoms with Gasteiger partial charge < -0.3 is 10.1 Å². The van der Waals surface area contributed by atoms with Crippen LogP contribution in [-0.4, -0.2) is 26.0 Å². The Morgan fingerprint density at radius 2 is 2.06 bits per heavy atom. The Hall–Kier alpha value is -1.51.